The molecule has 1 saturated heterocycles. The van der Waals surface area contributed by atoms with Crippen LogP contribution in [0.3, 0.4) is 0 Å². The Morgan fingerprint density at radius 3 is 1.55 bits per heavy atom. The van der Waals surface area contributed by atoms with Crippen LogP contribution in [0.15, 0.2) is 0 Å². The standard InChI is InChI=1S/C15H25NO4/c1-5-10(6-2)12-13(11(7-3)8-4)15(19)16(14(12)18)20-9-17/h9-13H,5-8H2,1-4H3. The molecule has 2 amide bonds. The third kappa shape index (κ3) is 2.86. The number of imide groups is 1. The minimum Gasteiger partial charge on any atom is -0.334 e. The van der Waals surface area contributed by atoms with Gasteiger partial charge in [-0.15, -0.1) is 5.06 Å². The van der Waals surface area contributed by atoms with Crippen molar-refractivity contribution in [1.82, 2.24) is 5.06 Å². The molecule has 1 fully saturated rings. The van der Waals surface area contributed by atoms with E-state index in [-0.39, 0.29) is 42.0 Å². The maximum Gasteiger partial charge on any atom is 0.321 e. The van der Waals surface area contributed by atoms with Gasteiger partial charge in [-0.3, -0.25) is 14.4 Å². The van der Waals surface area contributed by atoms with Gasteiger partial charge in [0, 0.05) is 0 Å². The molecule has 2 unspecified atom stereocenters. The van der Waals surface area contributed by atoms with Gasteiger partial charge in [0.1, 0.15) is 0 Å². The summed E-state index contributed by atoms with van der Waals surface area (Å²) in [6, 6.07) is 0. The monoisotopic (exact) mass is 283 g/mol. The molecule has 0 spiro atoms. The molecule has 0 aromatic rings. The van der Waals surface area contributed by atoms with Crippen LogP contribution in [0.5, 0.6) is 0 Å². The van der Waals surface area contributed by atoms with Crippen molar-refractivity contribution in [3.8, 4) is 0 Å². The summed E-state index contributed by atoms with van der Waals surface area (Å²) in [5, 5.41) is 0.680. The van der Waals surface area contributed by atoms with E-state index in [1.54, 1.807) is 0 Å². The third-order valence-corrected chi connectivity index (χ3v) is 4.62. The van der Waals surface area contributed by atoms with Crippen molar-refractivity contribution < 1.29 is 19.2 Å². The quantitative estimate of drug-likeness (QED) is 0.507. The summed E-state index contributed by atoms with van der Waals surface area (Å²) >= 11 is 0. The molecule has 0 aliphatic carbocycles. The second kappa shape index (κ2) is 7.41. The second-order valence-corrected chi connectivity index (χ2v) is 5.38. The summed E-state index contributed by atoms with van der Waals surface area (Å²) in [6.07, 6.45) is 3.36. The minimum absolute atomic E-state index is 0.148. The summed E-state index contributed by atoms with van der Waals surface area (Å²) < 4.78 is 0. The number of nitrogens with zero attached hydrogens (tertiary/aromatic N) is 1. The van der Waals surface area contributed by atoms with Crippen molar-refractivity contribution in [2.45, 2.75) is 53.4 Å². The summed E-state index contributed by atoms with van der Waals surface area (Å²) in [6.45, 7) is 8.26. The fraction of sp³-hybridized carbons (Fsp3) is 0.800. The first kappa shape index (κ1) is 16.7. The van der Waals surface area contributed by atoms with Gasteiger partial charge < -0.3 is 4.84 Å². The van der Waals surface area contributed by atoms with Gasteiger partial charge in [0.25, 0.3) is 11.8 Å². The maximum absolute atomic E-state index is 12.4. The lowest BCUT2D eigenvalue weighted by Crippen LogP contribution is -2.32. The Labute approximate surface area is 120 Å². The zero-order valence-corrected chi connectivity index (χ0v) is 12.8. The van der Waals surface area contributed by atoms with Gasteiger partial charge in [-0.1, -0.05) is 53.4 Å². The van der Waals surface area contributed by atoms with Crippen molar-refractivity contribution in [3.05, 3.63) is 0 Å². The Kier molecular flexibility index (Phi) is 6.17. The number of rotatable bonds is 8. The Morgan fingerprint density at radius 1 is 0.950 bits per heavy atom. The highest BCUT2D eigenvalue weighted by atomic mass is 16.7. The lowest BCUT2D eigenvalue weighted by Gasteiger charge is -2.27. The van der Waals surface area contributed by atoms with Crippen molar-refractivity contribution in [2.24, 2.45) is 23.7 Å². The normalized spacial score (nSPS) is 23.0. The van der Waals surface area contributed by atoms with E-state index in [4.69, 9.17) is 0 Å². The largest absolute Gasteiger partial charge is 0.334 e. The van der Waals surface area contributed by atoms with E-state index in [1.807, 2.05) is 27.7 Å². The summed E-state index contributed by atoms with van der Waals surface area (Å²) in [5.74, 6) is -1.13. The topological polar surface area (TPSA) is 63.7 Å². The summed E-state index contributed by atoms with van der Waals surface area (Å²) in [7, 11) is 0. The molecule has 0 radical (unpaired) electrons. The highest BCUT2D eigenvalue weighted by Crippen LogP contribution is 2.41. The number of hydrogen-bond donors (Lipinski definition) is 0. The van der Waals surface area contributed by atoms with Gasteiger partial charge >= 0.3 is 6.47 Å². The van der Waals surface area contributed by atoms with Gasteiger partial charge in [-0.05, 0) is 11.8 Å². The van der Waals surface area contributed by atoms with Gasteiger partial charge in [0.2, 0.25) is 0 Å². The van der Waals surface area contributed by atoms with Crippen LogP contribution >= 0.6 is 0 Å². The lowest BCUT2D eigenvalue weighted by atomic mass is 9.73. The summed E-state index contributed by atoms with van der Waals surface area (Å²) in [5.41, 5.74) is 0. The molecular formula is C15H25NO4. The fourth-order valence-electron chi connectivity index (χ4n) is 3.42. The van der Waals surface area contributed by atoms with E-state index in [0.717, 1.165) is 25.7 Å². The first-order valence-electron chi connectivity index (χ1n) is 7.55. The number of hydrogen-bond acceptors (Lipinski definition) is 4. The van der Waals surface area contributed by atoms with E-state index < -0.39 is 0 Å². The minimum atomic E-state index is -0.359. The third-order valence-electron chi connectivity index (χ3n) is 4.62. The smallest absolute Gasteiger partial charge is 0.321 e. The second-order valence-electron chi connectivity index (χ2n) is 5.38. The first-order chi connectivity index (χ1) is 9.56. The Balaban J connectivity index is 3.16. The number of carbonyl (C=O) groups excluding carboxylic acids is 3. The molecule has 114 valence electrons. The van der Waals surface area contributed by atoms with Gasteiger partial charge in [0.05, 0.1) is 11.8 Å². The zero-order chi connectivity index (χ0) is 15.3. The van der Waals surface area contributed by atoms with E-state index in [1.165, 1.54) is 0 Å². The molecule has 5 heteroatoms. The predicted molar refractivity (Wildman–Crippen MR) is 74.1 cm³/mol. The van der Waals surface area contributed by atoms with E-state index in [2.05, 4.69) is 4.84 Å². The molecule has 1 aliphatic heterocycles. The summed E-state index contributed by atoms with van der Waals surface area (Å²) in [4.78, 5) is 40.0. The number of hydroxylamine groups is 2. The van der Waals surface area contributed by atoms with Crippen LogP contribution in [0.4, 0.5) is 0 Å². The molecule has 0 saturated carbocycles. The molecular weight excluding hydrogens is 258 g/mol. The fourth-order valence-corrected chi connectivity index (χ4v) is 3.42. The van der Waals surface area contributed by atoms with E-state index in [0.29, 0.717) is 5.06 Å². The van der Waals surface area contributed by atoms with Crippen LogP contribution in [-0.2, 0) is 19.2 Å². The first-order valence-corrected chi connectivity index (χ1v) is 7.55. The molecule has 2 atom stereocenters. The molecule has 5 nitrogen and oxygen atoms in total. The Morgan fingerprint density at radius 2 is 1.30 bits per heavy atom. The van der Waals surface area contributed by atoms with E-state index >= 15 is 0 Å². The van der Waals surface area contributed by atoms with Crippen LogP contribution in [0.1, 0.15) is 53.4 Å². The molecule has 0 aromatic heterocycles. The predicted octanol–water partition coefficient (Wildman–Crippen LogP) is 2.55. The lowest BCUT2D eigenvalue weighted by molar-refractivity contribution is -0.189. The Hall–Kier alpha value is -1.39. The average molecular weight is 283 g/mol. The number of amides is 2. The molecule has 0 aromatic carbocycles. The molecule has 1 aliphatic rings. The zero-order valence-electron chi connectivity index (χ0n) is 12.8. The van der Waals surface area contributed by atoms with Crippen LogP contribution in [0.2, 0.25) is 0 Å². The van der Waals surface area contributed by atoms with Gasteiger partial charge in [-0.25, -0.2) is 0 Å². The maximum atomic E-state index is 12.4. The highest BCUT2D eigenvalue weighted by molar-refractivity contribution is 6.04. The average Bonchev–Trinajstić information content (AvgIpc) is 2.68. The van der Waals surface area contributed by atoms with Crippen LogP contribution < -0.4 is 0 Å². The van der Waals surface area contributed by atoms with Gasteiger partial charge in [-0.2, -0.15) is 0 Å². The van der Waals surface area contributed by atoms with Crippen LogP contribution in [0, 0.1) is 23.7 Å². The Bertz CT molecular complexity index is 331. The van der Waals surface area contributed by atoms with Crippen LogP contribution in [0.25, 0.3) is 0 Å². The molecule has 0 N–H and O–H groups in total. The molecule has 1 rings (SSSR count). The van der Waals surface area contributed by atoms with E-state index in [9.17, 15) is 14.4 Å². The molecule has 20 heavy (non-hydrogen) atoms. The number of carbonyl (C=O) groups is 3. The van der Waals surface area contributed by atoms with Crippen molar-refractivity contribution >= 4 is 18.3 Å². The highest BCUT2D eigenvalue weighted by Gasteiger charge is 2.53. The molecule has 0 bridgehead atoms. The van der Waals surface area contributed by atoms with Gasteiger partial charge in [0.15, 0.2) is 0 Å². The van der Waals surface area contributed by atoms with Crippen LogP contribution in [-0.4, -0.2) is 23.3 Å². The SMILES string of the molecule is CCC(CC)C1C(=O)N(OC=O)C(=O)C1C(CC)CC. The van der Waals surface area contributed by atoms with Crippen molar-refractivity contribution in [1.29, 1.82) is 0 Å². The molecule has 1 heterocycles. The van der Waals surface area contributed by atoms with Crippen molar-refractivity contribution in [3.63, 3.8) is 0 Å². The van der Waals surface area contributed by atoms with Crippen molar-refractivity contribution in [2.75, 3.05) is 0 Å².